The van der Waals surface area contributed by atoms with Crippen molar-refractivity contribution in [1.82, 2.24) is 4.98 Å². The molecule has 0 bridgehead atoms. The summed E-state index contributed by atoms with van der Waals surface area (Å²) in [6, 6.07) is 9.31. The smallest absolute Gasteiger partial charge is 0.257 e. The van der Waals surface area contributed by atoms with Crippen LogP contribution in [0.3, 0.4) is 0 Å². The summed E-state index contributed by atoms with van der Waals surface area (Å²) in [6.45, 7) is 3.87. The summed E-state index contributed by atoms with van der Waals surface area (Å²) in [5.41, 5.74) is 3.54. The molecule has 0 aliphatic heterocycles. The van der Waals surface area contributed by atoms with Gasteiger partial charge in [-0.2, -0.15) is 5.26 Å². The van der Waals surface area contributed by atoms with Gasteiger partial charge in [-0.15, -0.1) is 0 Å². The second-order valence-corrected chi connectivity index (χ2v) is 4.30. The van der Waals surface area contributed by atoms with E-state index >= 15 is 0 Å². The molecular weight excluding hydrogens is 238 g/mol. The Kier molecular flexibility index (Phi) is 3.58. The van der Waals surface area contributed by atoms with Gasteiger partial charge >= 0.3 is 0 Å². The minimum Gasteiger partial charge on any atom is -0.321 e. The predicted molar refractivity (Wildman–Crippen MR) is 72.8 cm³/mol. The summed E-state index contributed by atoms with van der Waals surface area (Å²) in [5, 5.41) is 11.7. The van der Waals surface area contributed by atoms with E-state index in [9.17, 15) is 4.79 Å². The Bertz CT molecular complexity index is 651. The predicted octanol–water partition coefficient (Wildman–Crippen LogP) is 2.82. The first-order valence-corrected chi connectivity index (χ1v) is 5.84. The zero-order valence-corrected chi connectivity index (χ0v) is 10.8. The van der Waals surface area contributed by atoms with Crippen LogP contribution < -0.4 is 5.32 Å². The largest absolute Gasteiger partial charge is 0.321 e. The molecule has 2 aromatic rings. The molecule has 4 heteroatoms. The maximum absolute atomic E-state index is 12.1. The SMILES string of the molecule is Cc1cccc(C)c1NC(=O)c1cncc(C#N)c1. The number of anilines is 1. The van der Waals surface area contributed by atoms with Gasteiger partial charge in [0, 0.05) is 18.1 Å². The quantitative estimate of drug-likeness (QED) is 0.892. The molecule has 1 aromatic heterocycles. The highest BCUT2D eigenvalue weighted by Gasteiger charge is 2.10. The number of pyridine rings is 1. The molecule has 94 valence electrons. The second-order valence-electron chi connectivity index (χ2n) is 4.30. The van der Waals surface area contributed by atoms with Crippen molar-refractivity contribution >= 4 is 11.6 Å². The number of hydrogen-bond donors (Lipinski definition) is 1. The molecule has 1 amide bonds. The van der Waals surface area contributed by atoms with E-state index in [1.54, 1.807) is 0 Å². The van der Waals surface area contributed by atoms with Crippen molar-refractivity contribution in [3.63, 3.8) is 0 Å². The lowest BCUT2D eigenvalue weighted by Gasteiger charge is -2.11. The molecule has 0 radical (unpaired) electrons. The van der Waals surface area contributed by atoms with Gasteiger partial charge < -0.3 is 5.32 Å². The second kappa shape index (κ2) is 5.32. The van der Waals surface area contributed by atoms with Crippen molar-refractivity contribution in [2.45, 2.75) is 13.8 Å². The molecule has 1 heterocycles. The van der Waals surface area contributed by atoms with Crippen molar-refractivity contribution < 1.29 is 4.79 Å². The lowest BCUT2D eigenvalue weighted by atomic mass is 10.1. The first-order valence-electron chi connectivity index (χ1n) is 5.84. The number of aryl methyl sites for hydroxylation is 2. The highest BCUT2D eigenvalue weighted by atomic mass is 16.1. The highest BCUT2D eigenvalue weighted by molar-refractivity contribution is 6.05. The third-order valence-electron chi connectivity index (χ3n) is 2.85. The molecule has 0 spiro atoms. The number of carbonyl (C=O) groups excluding carboxylic acids is 1. The molecule has 0 atom stereocenters. The monoisotopic (exact) mass is 251 g/mol. The summed E-state index contributed by atoms with van der Waals surface area (Å²) >= 11 is 0. The number of hydrogen-bond acceptors (Lipinski definition) is 3. The van der Waals surface area contributed by atoms with E-state index in [4.69, 9.17) is 5.26 Å². The van der Waals surface area contributed by atoms with Gasteiger partial charge in [-0.05, 0) is 31.0 Å². The van der Waals surface area contributed by atoms with E-state index in [-0.39, 0.29) is 5.91 Å². The van der Waals surface area contributed by atoms with Gasteiger partial charge in [-0.1, -0.05) is 18.2 Å². The molecule has 0 aliphatic rings. The normalized spacial score (nSPS) is 9.74. The average molecular weight is 251 g/mol. The molecule has 19 heavy (non-hydrogen) atoms. The molecule has 0 saturated heterocycles. The average Bonchev–Trinajstić information content (AvgIpc) is 2.43. The minimum absolute atomic E-state index is 0.262. The third-order valence-corrected chi connectivity index (χ3v) is 2.85. The lowest BCUT2D eigenvalue weighted by Crippen LogP contribution is -2.14. The Morgan fingerprint density at radius 3 is 2.58 bits per heavy atom. The molecule has 0 unspecified atom stereocenters. The fourth-order valence-corrected chi connectivity index (χ4v) is 1.82. The number of carbonyl (C=O) groups is 1. The maximum Gasteiger partial charge on any atom is 0.257 e. The maximum atomic E-state index is 12.1. The summed E-state index contributed by atoms with van der Waals surface area (Å²) < 4.78 is 0. The van der Waals surface area contributed by atoms with Crippen LogP contribution in [0.4, 0.5) is 5.69 Å². The number of nitrogens with zero attached hydrogens (tertiary/aromatic N) is 2. The van der Waals surface area contributed by atoms with Gasteiger partial charge in [-0.3, -0.25) is 9.78 Å². The molecule has 1 N–H and O–H groups in total. The van der Waals surface area contributed by atoms with Gasteiger partial charge in [0.1, 0.15) is 6.07 Å². The van der Waals surface area contributed by atoms with Crippen LogP contribution >= 0.6 is 0 Å². The van der Waals surface area contributed by atoms with Gasteiger partial charge in [0.15, 0.2) is 0 Å². The van der Waals surface area contributed by atoms with E-state index in [2.05, 4.69) is 10.3 Å². The van der Waals surface area contributed by atoms with Crippen LogP contribution in [0.2, 0.25) is 0 Å². The van der Waals surface area contributed by atoms with E-state index < -0.39 is 0 Å². The van der Waals surface area contributed by atoms with Crippen molar-refractivity contribution in [2.75, 3.05) is 5.32 Å². The van der Waals surface area contributed by atoms with E-state index in [0.717, 1.165) is 16.8 Å². The van der Waals surface area contributed by atoms with Crippen LogP contribution in [0.15, 0.2) is 36.7 Å². The summed E-state index contributed by atoms with van der Waals surface area (Å²) in [4.78, 5) is 16.0. The molecule has 0 aliphatic carbocycles. The minimum atomic E-state index is -0.262. The number of nitrogens with one attached hydrogen (secondary N) is 1. The highest BCUT2D eigenvalue weighted by Crippen LogP contribution is 2.20. The van der Waals surface area contributed by atoms with Gasteiger partial charge in [0.05, 0.1) is 11.1 Å². The molecule has 0 saturated carbocycles. The third kappa shape index (κ3) is 2.78. The summed E-state index contributed by atoms with van der Waals surface area (Å²) in [5.74, 6) is -0.262. The fourth-order valence-electron chi connectivity index (χ4n) is 1.82. The van der Waals surface area contributed by atoms with E-state index in [1.807, 2.05) is 38.1 Å². The van der Waals surface area contributed by atoms with Crippen LogP contribution in [0.1, 0.15) is 27.0 Å². The van der Waals surface area contributed by atoms with Gasteiger partial charge in [0.25, 0.3) is 5.91 Å². The Balaban J connectivity index is 2.29. The molecule has 2 rings (SSSR count). The van der Waals surface area contributed by atoms with Gasteiger partial charge in [0.2, 0.25) is 0 Å². The van der Waals surface area contributed by atoms with Crippen LogP contribution in [-0.2, 0) is 0 Å². The van der Waals surface area contributed by atoms with Gasteiger partial charge in [-0.25, -0.2) is 0 Å². The number of rotatable bonds is 2. The topological polar surface area (TPSA) is 65.8 Å². The Labute approximate surface area is 111 Å². The Morgan fingerprint density at radius 1 is 1.26 bits per heavy atom. The van der Waals surface area contributed by atoms with Crippen molar-refractivity contribution in [1.29, 1.82) is 5.26 Å². The van der Waals surface area contributed by atoms with Crippen LogP contribution in [0, 0.1) is 25.2 Å². The fraction of sp³-hybridized carbons (Fsp3) is 0.133. The molecule has 0 fully saturated rings. The Morgan fingerprint density at radius 2 is 1.95 bits per heavy atom. The van der Waals surface area contributed by atoms with Crippen molar-refractivity contribution in [3.05, 3.63) is 58.9 Å². The first kappa shape index (κ1) is 12.8. The Hall–Kier alpha value is -2.67. The zero-order chi connectivity index (χ0) is 13.8. The molecule has 4 nitrogen and oxygen atoms in total. The zero-order valence-electron chi connectivity index (χ0n) is 10.8. The number of aromatic nitrogens is 1. The van der Waals surface area contributed by atoms with Crippen molar-refractivity contribution in [3.8, 4) is 6.07 Å². The first-order chi connectivity index (χ1) is 9.11. The molecular formula is C15H13N3O. The van der Waals surface area contributed by atoms with Crippen LogP contribution in [-0.4, -0.2) is 10.9 Å². The standard InChI is InChI=1S/C15H13N3O/c1-10-4-3-5-11(2)14(10)18-15(19)13-6-12(7-16)8-17-9-13/h3-6,8-9H,1-2H3,(H,18,19). The van der Waals surface area contributed by atoms with E-state index in [1.165, 1.54) is 18.5 Å². The summed E-state index contributed by atoms with van der Waals surface area (Å²) in [6.07, 6.45) is 2.87. The van der Waals surface area contributed by atoms with Crippen LogP contribution in [0.25, 0.3) is 0 Å². The number of para-hydroxylation sites is 1. The lowest BCUT2D eigenvalue weighted by molar-refractivity contribution is 0.102. The number of benzene rings is 1. The number of amides is 1. The van der Waals surface area contributed by atoms with Crippen molar-refractivity contribution in [2.24, 2.45) is 0 Å². The number of nitriles is 1. The molecule has 1 aromatic carbocycles. The van der Waals surface area contributed by atoms with Crippen LogP contribution in [0.5, 0.6) is 0 Å². The van der Waals surface area contributed by atoms with E-state index in [0.29, 0.717) is 11.1 Å². The summed E-state index contributed by atoms with van der Waals surface area (Å²) in [7, 11) is 0.